The van der Waals surface area contributed by atoms with Gasteiger partial charge < -0.3 is 24.7 Å². The molecule has 0 atom stereocenters. The summed E-state index contributed by atoms with van der Waals surface area (Å²) in [6, 6.07) is 9.98. The molecular weight excluding hydrogens is 453 g/mol. The summed E-state index contributed by atoms with van der Waals surface area (Å²) >= 11 is 0. The smallest absolute Gasteiger partial charge is 0.407 e. The lowest BCUT2D eigenvalue weighted by atomic mass is 9.57. The van der Waals surface area contributed by atoms with Crippen LogP contribution in [0.4, 0.5) is 15.0 Å². The zero-order valence-electron chi connectivity index (χ0n) is 19.5. The van der Waals surface area contributed by atoms with Crippen molar-refractivity contribution in [3.05, 3.63) is 53.7 Å². The molecular formula is C25H28FN5O4. The fraction of sp³-hybridized carbons (Fsp3) is 0.440. The van der Waals surface area contributed by atoms with E-state index in [0.29, 0.717) is 18.2 Å². The molecule has 1 spiro atoms. The molecule has 2 N–H and O–H groups in total. The number of anilines is 1. The predicted octanol–water partition coefficient (Wildman–Crippen LogP) is 3.90. The van der Waals surface area contributed by atoms with Gasteiger partial charge in [-0.1, -0.05) is 5.16 Å². The summed E-state index contributed by atoms with van der Waals surface area (Å²) in [5.74, 6) is 0.922. The van der Waals surface area contributed by atoms with Crippen molar-refractivity contribution in [3.63, 3.8) is 0 Å². The van der Waals surface area contributed by atoms with Gasteiger partial charge in [0.1, 0.15) is 11.6 Å². The van der Waals surface area contributed by atoms with Crippen molar-refractivity contribution in [2.75, 3.05) is 31.6 Å². The molecule has 1 aromatic carbocycles. The topological polar surface area (TPSA) is 112 Å². The molecule has 10 heteroatoms. The van der Waals surface area contributed by atoms with E-state index < -0.39 is 6.09 Å². The van der Waals surface area contributed by atoms with Crippen LogP contribution in [0.25, 0.3) is 10.9 Å². The number of hydrogen-bond donors (Lipinski definition) is 2. The van der Waals surface area contributed by atoms with E-state index in [1.807, 2.05) is 12.1 Å². The summed E-state index contributed by atoms with van der Waals surface area (Å²) in [6.45, 7) is 2.29. The van der Waals surface area contributed by atoms with Gasteiger partial charge in [0.2, 0.25) is 0 Å². The second-order valence-corrected chi connectivity index (χ2v) is 9.69. The molecule has 2 aliphatic rings. The van der Waals surface area contributed by atoms with Crippen LogP contribution in [-0.2, 0) is 6.54 Å². The third-order valence-electron chi connectivity index (χ3n) is 7.34. The van der Waals surface area contributed by atoms with Crippen molar-refractivity contribution in [1.29, 1.82) is 0 Å². The van der Waals surface area contributed by atoms with Crippen molar-refractivity contribution in [3.8, 4) is 0 Å². The van der Waals surface area contributed by atoms with Crippen molar-refractivity contribution in [2.45, 2.75) is 32.2 Å². The van der Waals surface area contributed by atoms with Gasteiger partial charge in [-0.3, -0.25) is 4.79 Å². The summed E-state index contributed by atoms with van der Waals surface area (Å²) in [7, 11) is 1.50. The molecule has 1 aliphatic heterocycles. The van der Waals surface area contributed by atoms with Gasteiger partial charge >= 0.3 is 6.09 Å². The van der Waals surface area contributed by atoms with E-state index in [0.717, 1.165) is 55.5 Å². The first kappa shape index (κ1) is 23.1. The molecule has 5 rings (SSSR count). The number of rotatable bonds is 6. The average Bonchev–Trinajstić information content (AvgIpc) is 3.30. The SMILES string of the molecule is CNC(=O)c1cc(CN(CC2CC3(CCN(c4ccc5cc(F)ccc5n4)CC3)C2)C(=O)O)on1. The molecule has 1 saturated heterocycles. The minimum atomic E-state index is -1.01. The standard InChI is InChI=1S/C25H28FN5O4/c1-27-23(32)21-11-19(35-29-21)15-31(24(33)34)14-16-12-25(13-16)6-8-30(9-7-25)22-5-2-17-10-18(26)3-4-20(17)28-22/h2-5,10-11,16H,6-9,12-15H2,1H3,(H,27,32)(H,33,34). The van der Waals surface area contributed by atoms with Crippen molar-refractivity contribution < 1.29 is 23.6 Å². The number of carbonyl (C=O) groups is 2. The Morgan fingerprint density at radius 2 is 2.00 bits per heavy atom. The van der Waals surface area contributed by atoms with E-state index in [2.05, 4.69) is 15.4 Å². The maximum atomic E-state index is 13.4. The highest BCUT2D eigenvalue weighted by Gasteiger charge is 2.46. The molecule has 184 valence electrons. The fourth-order valence-electron chi connectivity index (χ4n) is 5.51. The highest BCUT2D eigenvalue weighted by Crippen LogP contribution is 2.53. The van der Waals surface area contributed by atoms with Crippen molar-refractivity contribution >= 4 is 28.7 Å². The normalized spacial score (nSPS) is 17.4. The maximum absolute atomic E-state index is 13.4. The number of hydrogen-bond acceptors (Lipinski definition) is 6. The van der Waals surface area contributed by atoms with E-state index in [1.165, 1.54) is 30.1 Å². The summed E-state index contributed by atoms with van der Waals surface area (Å²) in [4.78, 5) is 31.8. The van der Waals surface area contributed by atoms with Crippen LogP contribution in [0.1, 0.15) is 41.9 Å². The van der Waals surface area contributed by atoms with Gasteiger partial charge in [0, 0.05) is 38.1 Å². The van der Waals surface area contributed by atoms with Gasteiger partial charge in [0.25, 0.3) is 5.91 Å². The van der Waals surface area contributed by atoms with Gasteiger partial charge in [0.05, 0.1) is 12.1 Å². The third-order valence-corrected chi connectivity index (χ3v) is 7.34. The highest BCUT2D eigenvalue weighted by molar-refractivity contribution is 5.91. The molecule has 3 aromatic rings. The van der Waals surface area contributed by atoms with Crippen LogP contribution in [0, 0.1) is 17.2 Å². The minimum Gasteiger partial charge on any atom is -0.465 e. The fourth-order valence-corrected chi connectivity index (χ4v) is 5.51. The number of pyridine rings is 1. The van der Waals surface area contributed by atoms with E-state index in [4.69, 9.17) is 9.51 Å². The molecule has 1 saturated carbocycles. The lowest BCUT2D eigenvalue weighted by Gasteiger charge is -2.53. The number of benzene rings is 1. The van der Waals surface area contributed by atoms with Crippen LogP contribution in [-0.4, -0.2) is 58.8 Å². The van der Waals surface area contributed by atoms with Crippen LogP contribution in [0.3, 0.4) is 0 Å². The molecule has 1 aliphatic carbocycles. The van der Waals surface area contributed by atoms with Gasteiger partial charge in [-0.2, -0.15) is 0 Å². The van der Waals surface area contributed by atoms with Gasteiger partial charge in [-0.05, 0) is 67.3 Å². The van der Waals surface area contributed by atoms with E-state index in [9.17, 15) is 19.1 Å². The van der Waals surface area contributed by atoms with Gasteiger partial charge in [-0.15, -0.1) is 0 Å². The van der Waals surface area contributed by atoms with Crippen LogP contribution in [0.15, 0.2) is 40.9 Å². The number of carbonyl (C=O) groups excluding carboxylic acids is 1. The maximum Gasteiger partial charge on any atom is 0.407 e. The first-order chi connectivity index (χ1) is 16.8. The Bertz CT molecular complexity index is 1250. The van der Waals surface area contributed by atoms with Crippen LogP contribution >= 0.6 is 0 Å². The number of nitrogens with one attached hydrogen (secondary N) is 1. The molecule has 9 nitrogen and oxygen atoms in total. The Morgan fingerprint density at radius 3 is 2.71 bits per heavy atom. The number of carboxylic acid groups (broad SMARTS) is 1. The van der Waals surface area contributed by atoms with Gasteiger partial charge in [0.15, 0.2) is 11.5 Å². The Labute approximate surface area is 201 Å². The number of piperidine rings is 1. The second kappa shape index (κ2) is 9.16. The summed E-state index contributed by atoms with van der Waals surface area (Å²) in [5.41, 5.74) is 1.18. The molecule has 35 heavy (non-hydrogen) atoms. The first-order valence-corrected chi connectivity index (χ1v) is 11.8. The number of nitrogens with zero attached hydrogens (tertiary/aromatic N) is 4. The summed E-state index contributed by atoms with van der Waals surface area (Å²) in [5, 5.41) is 16.6. The zero-order chi connectivity index (χ0) is 24.6. The Morgan fingerprint density at radius 1 is 1.23 bits per heavy atom. The zero-order valence-corrected chi connectivity index (χ0v) is 19.5. The molecule has 0 radical (unpaired) electrons. The van der Waals surface area contributed by atoms with E-state index in [1.54, 1.807) is 6.07 Å². The lowest BCUT2D eigenvalue weighted by molar-refractivity contribution is 0.00704. The molecule has 2 aromatic heterocycles. The lowest BCUT2D eigenvalue weighted by Crippen LogP contribution is -2.50. The summed E-state index contributed by atoms with van der Waals surface area (Å²) < 4.78 is 18.6. The first-order valence-electron chi connectivity index (χ1n) is 11.8. The largest absolute Gasteiger partial charge is 0.465 e. The minimum absolute atomic E-state index is 0.0636. The van der Waals surface area contributed by atoms with Crippen LogP contribution < -0.4 is 10.2 Å². The quantitative estimate of drug-likeness (QED) is 0.549. The predicted molar refractivity (Wildman–Crippen MR) is 127 cm³/mol. The Balaban J connectivity index is 1.14. The third kappa shape index (κ3) is 4.78. The Kier molecular flexibility index (Phi) is 6.04. The van der Waals surface area contributed by atoms with Crippen molar-refractivity contribution in [2.24, 2.45) is 11.3 Å². The molecule has 2 amide bonds. The Hall–Kier alpha value is -3.69. The molecule has 0 bridgehead atoms. The summed E-state index contributed by atoms with van der Waals surface area (Å²) in [6.07, 6.45) is 3.05. The number of fused-ring (bicyclic) bond motifs is 1. The van der Waals surface area contributed by atoms with Crippen molar-refractivity contribution in [1.82, 2.24) is 20.4 Å². The van der Waals surface area contributed by atoms with Gasteiger partial charge in [-0.25, -0.2) is 14.2 Å². The second-order valence-electron chi connectivity index (χ2n) is 9.69. The molecule has 3 heterocycles. The molecule has 0 unspecified atom stereocenters. The monoisotopic (exact) mass is 481 g/mol. The van der Waals surface area contributed by atoms with E-state index in [-0.39, 0.29) is 29.4 Å². The van der Waals surface area contributed by atoms with E-state index >= 15 is 0 Å². The van der Waals surface area contributed by atoms with Crippen LogP contribution in [0.5, 0.6) is 0 Å². The number of aromatic nitrogens is 2. The average molecular weight is 482 g/mol. The number of halogens is 1. The van der Waals surface area contributed by atoms with Crippen LogP contribution in [0.2, 0.25) is 0 Å². The highest BCUT2D eigenvalue weighted by atomic mass is 19.1. The number of amides is 2. The molecule has 2 fully saturated rings.